The molecular weight excluding hydrogens is 306 g/mol. The lowest BCUT2D eigenvalue weighted by molar-refractivity contribution is 0.197. The van der Waals surface area contributed by atoms with E-state index in [4.69, 9.17) is 4.98 Å². The summed E-state index contributed by atoms with van der Waals surface area (Å²) in [4.78, 5) is 18.9. The number of hydrogen-bond donors (Lipinski definition) is 1. The Morgan fingerprint density at radius 2 is 1.96 bits per heavy atom. The average Bonchev–Trinajstić information content (AvgIpc) is 3.18. The van der Waals surface area contributed by atoms with E-state index >= 15 is 0 Å². The molecule has 1 N–H and O–H groups in total. The minimum absolute atomic E-state index is 0.0472. The Bertz CT molecular complexity index is 660. The molecule has 23 heavy (non-hydrogen) atoms. The van der Waals surface area contributed by atoms with Gasteiger partial charge < -0.3 is 10.2 Å². The van der Waals surface area contributed by atoms with E-state index < -0.39 is 0 Å². The number of amides is 2. The third-order valence-electron chi connectivity index (χ3n) is 4.03. The first-order valence-electron chi connectivity index (χ1n) is 8.10. The highest BCUT2D eigenvalue weighted by molar-refractivity contribution is 7.13. The number of aromatic nitrogens is 1. The predicted octanol–water partition coefficient (Wildman–Crippen LogP) is 3.94. The van der Waals surface area contributed by atoms with E-state index in [2.05, 4.69) is 36.7 Å². The van der Waals surface area contributed by atoms with Crippen LogP contribution in [0, 0.1) is 0 Å². The van der Waals surface area contributed by atoms with Crippen molar-refractivity contribution in [2.75, 3.05) is 13.1 Å². The number of rotatable bonds is 4. The molecule has 2 heterocycles. The first kappa shape index (κ1) is 16.0. The molecule has 0 unspecified atom stereocenters. The van der Waals surface area contributed by atoms with Crippen LogP contribution in [0.3, 0.4) is 0 Å². The maximum atomic E-state index is 12.3. The fourth-order valence-electron chi connectivity index (χ4n) is 2.89. The van der Waals surface area contributed by atoms with E-state index in [1.54, 1.807) is 11.3 Å². The molecule has 4 nitrogen and oxygen atoms in total. The van der Waals surface area contributed by atoms with Crippen LogP contribution in [-0.4, -0.2) is 34.5 Å². The van der Waals surface area contributed by atoms with Crippen molar-refractivity contribution in [2.24, 2.45) is 0 Å². The van der Waals surface area contributed by atoms with Crippen LogP contribution >= 0.6 is 11.3 Å². The number of carbonyl (C=O) groups excluding carboxylic acids is 1. The maximum absolute atomic E-state index is 12.3. The highest BCUT2D eigenvalue weighted by atomic mass is 32.1. The SMILES string of the molecule is CC(C)(Cc1csc(-c2ccccc2)n1)NC(=O)N1CCCC1. The van der Waals surface area contributed by atoms with E-state index in [-0.39, 0.29) is 11.6 Å². The molecule has 2 aromatic rings. The van der Waals surface area contributed by atoms with Gasteiger partial charge in [-0.15, -0.1) is 11.3 Å². The van der Waals surface area contributed by atoms with Gasteiger partial charge in [0.2, 0.25) is 0 Å². The summed E-state index contributed by atoms with van der Waals surface area (Å²) in [6.45, 7) is 5.86. The molecule has 1 aromatic carbocycles. The molecule has 1 aromatic heterocycles. The first-order valence-corrected chi connectivity index (χ1v) is 8.98. The lowest BCUT2D eigenvalue weighted by atomic mass is 9.99. The molecular formula is C18H23N3OS. The number of nitrogens with one attached hydrogen (secondary N) is 1. The van der Waals surface area contributed by atoms with E-state index in [9.17, 15) is 4.79 Å². The van der Waals surface area contributed by atoms with E-state index in [1.807, 2.05) is 23.1 Å². The molecule has 1 aliphatic heterocycles. The third-order valence-corrected chi connectivity index (χ3v) is 4.97. The average molecular weight is 329 g/mol. The van der Waals surface area contributed by atoms with Crippen molar-refractivity contribution >= 4 is 17.4 Å². The van der Waals surface area contributed by atoms with Gasteiger partial charge in [0.25, 0.3) is 0 Å². The van der Waals surface area contributed by atoms with Gasteiger partial charge in [-0.1, -0.05) is 30.3 Å². The molecule has 0 spiro atoms. The maximum Gasteiger partial charge on any atom is 0.317 e. The van der Waals surface area contributed by atoms with Crippen LogP contribution in [0.25, 0.3) is 10.6 Å². The van der Waals surface area contributed by atoms with Gasteiger partial charge in [0, 0.05) is 36.0 Å². The normalized spacial score (nSPS) is 15.0. The highest BCUT2D eigenvalue weighted by Gasteiger charge is 2.26. The smallest absolute Gasteiger partial charge is 0.317 e. The first-order chi connectivity index (χ1) is 11.0. The predicted molar refractivity (Wildman–Crippen MR) is 94.7 cm³/mol. The summed E-state index contributed by atoms with van der Waals surface area (Å²) in [5.41, 5.74) is 1.87. The molecule has 0 saturated carbocycles. The molecule has 5 heteroatoms. The monoisotopic (exact) mass is 329 g/mol. The van der Waals surface area contributed by atoms with E-state index in [1.165, 1.54) is 0 Å². The van der Waals surface area contributed by atoms with Crippen LogP contribution in [0.4, 0.5) is 4.79 Å². The summed E-state index contributed by atoms with van der Waals surface area (Å²) in [7, 11) is 0. The summed E-state index contributed by atoms with van der Waals surface area (Å²) in [5.74, 6) is 0. The zero-order valence-electron chi connectivity index (χ0n) is 13.7. The van der Waals surface area contributed by atoms with Crippen molar-refractivity contribution in [3.8, 4) is 10.6 Å². The zero-order chi connectivity index (χ0) is 16.3. The quantitative estimate of drug-likeness (QED) is 0.923. The molecule has 0 aliphatic carbocycles. The highest BCUT2D eigenvalue weighted by Crippen LogP contribution is 2.25. The number of urea groups is 1. The summed E-state index contributed by atoms with van der Waals surface area (Å²) < 4.78 is 0. The Morgan fingerprint density at radius 1 is 1.26 bits per heavy atom. The van der Waals surface area contributed by atoms with Crippen molar-refractivity contribution in [1.82, 2.24) is 15.2 Å². The van der Waals surface area contributed by atoms with Gasteiger partial charge in [-0.05, 0) is 26.7 Å². The van der Waals surface area contributed by atoms with Crippen LogP contribution in [0.5, 0.6) is 0 Å². The molecule has 2 amide bonds. The van der Waals surface area contributed by atoms with Gasteiger partial charge in [0.15, 0.2) is 0 Å². The van der Waals surface area contributed by atoms with Gasteiger partial charge in [-0.25, -0.2) is 9.78 Å². The van der Waals surface area contributed by atoms with Crippen LogP contribution in [0.15, 0.2) is 35.7 Å². The van der Waals surface area contributed by atoms with Crippen LogP contribution < -0.4 is 5.32 Å². The third kappa shape index (κ3) is 4.10. The molecule has 122 valence electrons. The van der Waals surface area contributed by atoms with Crippen LogP contribution in [0.2, 0.25) is 0 Å². The Labute approximate surface area is 141 Å². The van der Waals surface area contributed by atoms with Crippen molar-refractivity contribution in [3.63, 3.8) is 0 Å². The van der Waals surface area contributed by atoms with E-state index in [0.29, 0.717) is 0 Å². The van der Waals surface area contributed by atoms with Gasteiger partial charge in [-0.2, -0.15) is 0 Å². The summed E-state index contributed by atoms with van der Waals surface area (Å²) in [6.07, 6.45) is 2.96. The van der Waals surface area contributed by atoms with Crippen molar-refractivity contribution in [3.05, 3.63) is 41.4 Å². The minimum Gasteiger partial charge on any atom is -0.333 e. The molecule has 1 fully saturated rings. The van der Waals surface area contributed by atoms with Crippen molar-refractivity contribution in [1.29, 1.82) is 0 Å². The molecule has 1 saturated heterocycles. The van der Waals surface area contributed by atoms with Crippen LogP contribution in [-0.2, 0) is 6.42 Å². The number of thiazole rings is 1. The second-order valence-electron chi connectivity index (χ2n) is 6.69. The van der Waals surface area contributed by atoms with Gasteiger partial charge in [-0.3, -0.25) is 0 Å². The number of carbonyl (C=O) groups is 1. The Morgan fingerprint density at radius 3 is 2.65 bits per heavy atom. The van der Waals surface area contributed by atoms with Crippen molar-refractivity contribution < 1.29 is 4.79 Å². The lowest BCUT2D eigenvalue weighted by Gasteiger charge is -2.28. The van der Waals surface area contributed by atoms with Gasteiger partial charge >= 0.3 is 6.03 Å². The molecule has 1 aliphatic rings. The Hall–Kier alpha value is -1.88. The Balaban J connectivity index is 1.63. The second kappa shape index (κ2) is 6.71. The number of benzene rings is 1. The number of hydrogen-bond acceptors (Lipinski definition) is 3. The molecule has 0 radical (unpaired) electrons. The van der Waals surface area contributed by atoms with E-state index in [0.717, 1.165) is 48.6 Å². The standard InChI is InChI=1S/C18H23N3OS/c1-18(2,20-17(22)21-10-6-7-11-21)12-15-13-23-16(19-15)14-8-4-3-5-9-14/h3-5,8-9,13H,6-7,10-12H2,1-2H3,(H,20,22). The molecule has 0 bridgehead atoms. The fourth-order valence-corrected chi connectivity index (χ4v) is 3.71. The van der Waals surface area contributed by atoms with Gasteiger partial charge in [0.05, 0.1) is 5.69 Å². The van der Waals surface area contributed by atoms with Crippen molar-refractivity contribution in [2.45, 2.75) is 38.6 Å². The molecule has 3 rings (SSSR count). The fraction of sp³-hybridized carbons (Fsp3) is 0.444. The largest absolute Gasteiger partial charge is 0.333 e. The zero-order valence-corrected chi connectivity index (χ0v) is 14.5. The summed E-state index contributed by atoms with van der Waals surface area (Å²) in [5, 5.41) is 6.27. The second-order valence-corrected chi connectivity index (χ2v) is 7.55. The minimum atomic E-state index is -0.304. The number of likely N-dealkylation sites (tertiary alicyclic amines) is 1. The molecule has 0 atom stereocenters. The number of nitrogens with zero attached hydrogens (tertiary/aromatic N) is 2. The summed E-state index contributed by atoms with van der Waals surface area (Å²) >= 11 is 1.65. The van der Waals surface area contributed by atoms with Crippen LogP contribution in [0.1, 0.15) is 32.4 Å². The van der Waals surface area contributed by atoms with Gasteiger partial charge in [0.1, 0.15) is 5.01 Å². The topological polar surface area (TPSA) is 45.2 Å². The Kier molecular flexibility index (Phi) is 4.66. The summed E-state index contributed by atoms with van der Waals surface area (Å²) in [6, 6.07) is 10.2. The lowest BCUT2D eigenvalue weighted by Crippen LogP contribution is -2.50.